The van der Waals surface area contributed by atoms with E-state index < -0.39 is 0 Å². The molecule has 0 aliphatic heterocycles. The second kappa shape index (κ2) is 7.01. The van der Waals surface area contributed by atoms with E-state index in [-0.39, 0.29) is 5.91 Å². The minimum absolute atomic E-state index is 0.0821. The fraction of sp³-hybridized carbons (Fsp3) is 0.500. The molecule has 0 heterocycles. The summed E-state index contributed by atoms with van der Waals surface area (Å²) < 4.78 is 0. The average Bonchev–Trinajstić information content (AvgIpc) is 2.34. The summed E-state index contributed by atoms with van der Waals surface area (Å²) in [4.78, 5) is 16.3. The number of rotatable bonds is 6. The maximum Gasteiger partial charge on any atom is 0.253 e. The van der Waals surface area contributed by atoms with Gasteiger partial charge in [-0.25, -0.2) is 0 Å². The Hall–Kier alpha value is -1.55. The third kappa shape index (κ3) is 4.37. The second-order valence-corrected chi connectivity index (χ2v) is 4.72. The van der Waals surface area contributed by atoms with E-state index in [1.807, 2.05) is 19.0 Å². The first kappa shape index (κ1) is 14.5. The molecule has 0 fully saturated rings. The highest BCUT2D eigenvalue weighted by molar-refractivity contribution is 5.94. The SMILES string of the molecule is CCCN(CCN(C)C)C(=O)c1ccc(N)cc1. The zero-order valence-corrected chi connectivity index (χ0v) is 11.5. The van der Waals surface area contributed by atoms with Crippen molar-refractivity contribution in [2.75, 3.05) is 39.5 Å². The molecule has 1 aromatic carbocycles. The van der Waals surface area contributed by atoms with Gasteiger partial charge in [-0.15, -0.1) is 0 Å². The predicted molar refractivity (Wildman–Crippen MR) is 75.6 cm³/mol. The monoisotopic (exact) mass is 249 g/mol. The Morgan fingerprint density at radius 2 is 1.72 bits per heavy atom. The van der Waals surface area contributed by atoms with E-state index in [9.17, 15) is 4.79 Å². The van der Waals surface area contributed by atoms with Crippen molar-refractivity contribution in [3.05, 3.63) is 29.8 Å². The average molecular weight is 249 g/mol. The molecule has 4 heteroatoms. The van der Waals surface area contributed by atoms with Gasteiger partial charge in [-0.1, -0.05) is 6.92 Å². The van der Waals surface area contributed by atoms with Crippen molar-refractivity contribution in [1.82, 2.24) is 9.80 Å². The molecular weight excluding hydrogens is 226 g/mol. The largest absolute Gasteiger partial charge is 0.399 e. The third-order valence-electron chi connectivity index (χ3n) is 2.76. The summed E-state index contributed by atoms with van der Waals surface area (Å²) in [7, 11) is 4.02. The van der Waals surface area contributed by atoms with E-state index in [1.54, 1.807) is 24.3 Å². The molecule has 18 heavy (non-hydrogen) atoms. The van der Waals surface area contributed by atoms with Gasteiger partial charge in [0.1, 0.15) is 0 Å². The first-order valence-corrected chi connectivity index (χ1v) is 6.34. The molecule has 0 saturated heterocycles. The lowest BCUT2D eigenvalue weighted by atomic mass is 10.1. The zero-order chi connectivity index (χ0) is 13.5. The van der Waals surface area contributed by atoms with Gasteiger partial charge in [0.05, 0.1) is 0 Å². The number of likely N-dealkylation sites (N-methyl/N-ethyl adjacent to an activating group) is 1. The number of hydrogen-bond acceptors (Lipinski definition) is 3. The number of nitrogens with two attached hydrogens (primary N) is 1. The first-order valence-electron chi connectivity index (χ1n) is 6.34. The molecule has 1 aromatic rings. The number of carbonyl (C=O) groups excluding carboxylic acids is 1. The van der Waals surface area contributed by atoms with Crippen LogP contribution in [0.2, 0.25) is 0 Å². The van der Waals surface area contributed by atoms with E-state index in [1.165, 1.54) is 0 Å². The molecular formula is C14H23N3O. The standard InChI is InChI=1S/C14H23N3O/c1-4-9-17(11-10-16(2)3)14(18)12-5-7-13(15)8-6-12/h5-8H,4,9-11,15H2,1-3H3. The number of benzene rings is 1. The topological polar surface area (TPSA) is 49.6 Å². The van der Waals surface area contributed by atoms with Gasteiger partial charge in [0.15, 0.2) is 0 Å². The number of amides is 1. The Bertz CT molecular complexity index is 373. The number of hydrogen-bond donors (Lipinski definition) is 1. The Kier molecular flexibility index (Phi) is 5.65. The summed E-state index contributed by atoms with van der Waals surface area (Å²) in [5.41, 5.74) is 7.02. The Morgan fingerprint density at radius 1 is 1.11 bits per heavy atom. The highest BCUT2D eigenvalue weighted by atomic mass is 16.2. The van der Waals surface area contributed by atoms with Crippen molar-refractivity contribution in [1.29, 1.82) is 0 Å². The minimum atomic E-state index is 0.0821. The van der Waals surface area contributed by atoms with E-state index in [4.69, 9.17) is 5.73 Å². The normalized spacial score (nSPS) is 10.7. The van der Waals surface area contributed by atoms with Crippen LogP contribution in [0.3, 0.4) is 0 Å². The fourth-order valence-electron chi connectivity index (χ4n) is 1.71. The third-order valence-corrected chi connectivity index (χ3v) is 2.76. The number of nitrogens with zero attached hydrogens (tertiary/aromatic N) is 2. The highest BCUT2D eigenvalue weighted by Gasteiger charge is 2.14. The smallest absolute Gasteiger partial charge is 0.253 e. The lowest BCUT2D eigenvalue weighted by molar-refractivity contribution is 0.0745. The lowest BCUT2D eigenvalue weighted by Gasteiger charge is -2.24. The maximum atomic E-state index is 12.3. The minimum Gasteiger partial charge on any atom is -0.399 e. The van der Waals surface area contributed by atoms with Crippen LogP contribution in [-0.4, -0.2) is 49.4 Å². The molecule has 0 aromatic heterocycles. The van der Waals surface area contributed by atoms with Crippen molar-refractivity contribution in [3.8, 4) is 0 Å². The molecule has 0 saturated carbocycles. The van der Waals surface area contributed by atoms with Crippen molar-refractivity contribution in [3.63, 3.8) is 0 Å². The lowest BCUT2D eigenvalue weighted by Crippen LogP contribution is -2.37. The number of nitrogen functional groups attached to an aromatic ring is 1. The highest BCUT2D eigenvalue weighted by Crippen LogP contribution is 2.09. The zero-order valence-electron chi connectivity index (χ0n) is 11.5. The van der Waals surface area contributed by atoms with Gasteiger partial charge in [0.25, 0.3) is 5.91 Å². The summed E-state index contributed by atoms with van der Waals surface area (Å²) in [5.74, 6) is 0.0821. The summed E-state index contributed by atoms with van der Waals surface area (Å²) in [6.07, 6.45) is 0.966. The molecule has 0 aliphatic carbocycles. The van der Waals surface area contributed by atoms with Crippen LogP contribution < -0.4 is 5.73 Å². The van der Waals surface area contributed by atoms with Gasteiger partial charge >= 0.3 is 0 Å². The van der Waals surface area contributed by atoms with E-state index in [0.29, 0.717) is 11.3 Å². The molecule has 1 amide bonds. The van der Waals surface area contributed by atoms with Crippen LogP contribution in [0.1, 0.15) is 23.7 Å². The molecule has 0 spiro atoms. The Balaban J connectivity index is 2.72. The molecule has 4 nitrogen and oxygen atoms in total. The maximum absolute atomic E-state index is 12.3. The van der Waals surface area contributed by atoms with Gasteiger partial charge in [0, 0.05) is 30.9 Å². The van der Waals surface area contributed by atoms with Gasteiger partial charge in [-0.3, -0.25) is 4.79 Å². The number of anilines is 1. The quantitative estimate of drug-likeness (QED) is 0.780. The van der Waals surface area contributed by atoms with Crippen LogP contribution in [-0.2, 0) is 0 Å². The summed E-state index contributed by atoms with van der Waals surface area (Å²) in [6.45, 7) is 4.50. The van der Waals surface area contributed by atoms with Gasteiger partial charge in [-0.05, 0) is 44.8 Å². The predicted octanol–water partition coefficient (Wildman–Crippen LogP) is 1.68. The summed E-state index contributed by atoms with van der Waals surface area (Å²) >= 11 is 0. The van der Waals surface area contributed by atoms with Crippen molar-refractivity contribution < 1.29 is 4.79 Å². The molecule has 0 atom stereocenters. The molecule has 2 N–H and O–H groups in total. The van der Waals surface area contributed by atoms with Crippen LogP contribution >= 0.6 is 0 Å². The Labute approximate surface area is 109 Å². The molecule has 100 valence electrons. The first-order chi connectivity index (χ1) is 8.54. The van der Waals surface area contributed by atoms with Crippen molar-refractivity contribution >= 4 is 11.6 Å². The van der Waals surface area contributed by atoms with Crippen molar-refractivity contribution in [2.45, 2.75) is 13.3 Å². The van der Waals surface area contributed by atoms with Crippen LogP contribution in [0.25, 0.3) is 0 Å². The second-order valence-electron chi connectivity index (χ2n) is 4.72. The van der Waals surface area contributed by atoms with E-state index >= 15 is 0 Å². The van der Waals surface area contributed by atoms with Crippen LogP contribution in [0.4, 0.5) is 5.69 Å². The van der Waals surface area contributed by atoms with Gasteiger partial charge < -0.3 is 15.5 Å². The molecule has 0 aliphatic rings. The van der Waals surface area contributed by atoms with Gasteiger partial charge in [0.2, 0.25) is 0 Å². The molecule has 1 rings (SSSR count). The summed E-state index contributed by atoms with van der Waals surface area (Å²) in [5, 5.41) is 0. The molecule has 0 bridgehead atoms. The van der Waals surface area contributed by atoms with Gasteiger partial charge in [-0.2, -0.15) is 0 Å². The van der Waals surface area contributed by atoms with Crippen LogP contribution in [0.5, 0.6) is 0 Å². The molecule has 0 radical (unpaired) electrons. The van der Waals surface area contributed by atoms with Crippen molar-refractivity contribution in [2.24, 2.45) is 0 Å². The van der Waals surface area contributed by atoms with E-state index in [0.717, 1.165) is 26.1 Å². The van der Waals surface area contributed by atoms with E-state index in [2.05, 4.69) is 11.8 Å². The van der Waals surface area contributed by atoms with Crippen LogP contribution in [0, 0.1) is 0 Å². The van der Waals surface area contributed by atoms with Crippen LogP contribution in [0.15, 0.2) is 24.3 Å². The number of carbonyl (C=O) groups is 1. The molecule has 0 unspecified atom stereocenters. The summed E-state index contributed by atoms with van der Waals surface area (Å²) in [6, 6.07) is 7.11. The fourth-order valence-corrected chi connectivity index (χ4v) is 1.71. The Morgan fingerprint density at radius 3 is 2.22 bits per heavy atom.